The molecule has 4 heteroatoms. The maximum Gasteiger partial charge on any atom is 0.178 e. The molecular formula is C13H14N4. The predicted molar refractivity (Wildman–Crippen MR) is 68.6 cm³/mol. The summed E-state index contributed by atoms with van der Waals surface area (Å²) in [7, 11) is 0. The van der Waals surface area contributed by atoms with Crippen LogP contribution < -0.4 is 9.80 Å². The first-order chi connectivity index (χ1) is 9.48. The van der Waals surface area contributed by atoms with Crippen LogP contribution >= 0.6 is 0 Å². The Hall–Kier alpha value is -2.10. The van der Waals surface area contributed by atoms with E-state index in [-0.39, 0.29) is 6.67 Å². The highest BCUT2D eigenvalue weighted by Gasteiger charge is 2.27. The summed E-state index contributed by atoms with van der Waals surface area (Å²) in [4.78, 5) is 11.6. The fourth-order valence-corrected chi connectivity index (χ4v) is 2.04. The van der Waals surface area contributed by atoms with Crippen LogP contribution in [0.4, 0.5) is 17.3 Å². The van der Waals surface area contributed by atoms with E-state index in [1.807, 2.05) is 36.1 Å². The van der Waals surface area contributed by atoms with Crippen molar-refractivity contribution in [2.24, 2.45) is 0 Å². The molecule has 0 radical (unpaired) electrons. The summed E-state index contributed by atoms with van der Waals surface area (Å²) in [5.41, 5.74) is 2.01. The molecule has 1 aromatic heterocycles. The van der Waals surface area contributed by atoms with E-state index in [4.69, 9.17) is 4.11 Å². The van der Waals surface area contributed by atoms with Gasteiger partial charge >= 0.3 is 0 Å². The molecule has 1 aromatic carbocycles. The van der Waals surface area contributed by atoms with Gasteiger partial charge in [0.25, 0.3) is 0 Å². The van der Waals surface area contributed by atoms with Crippen LogP contribution in [0.2, 0.25) is 0 Å². The monoisotopic (exact) mass is 229 g/mol. The van der Waals surface area contributed by atoms with E-state index in [1.165, 1.54) is 11.1 Å². The van der Waals surface area contributed by atoms with Crippen molar-refractivity contribution in [2.75, 3.05) is 23.4 Å². The lowest BCUT2D eigenvalue weighted by Crippen LogP contribution is -2.24. The molecule has 1 aliphatic heterocycles. The summed E-state index contributed by atoms with van der Waals surface area (Å²) < 4.78 is 22.9. The molecule has 0 saturated heterocycles. The van der Waals surface area contributed by atoms with Crippen LogP contribution in [0.25, 0.3) is 0 Å². The number of hydrogen-bond donors (Lipinski definition) is 0. The highest BCUT2D eigenvalue weighted by atomic mass is 15.4. The standard InChI is InChI=1S/C13H14N4/c1-10-5-3-4-6-11(10)17-9-16(2)12-13(17)15-8-7-14-12/h3-8H,9H2,1-2H3/i2D3. The average molecular weight is 229 g/mol. The molecule has 86 valence electrons. The Balaban J connectivity index is 2.10. The van der Waals surface area contributed by atoms with Crippen molar-refractivity contribution in [3.05, 3.63) is 42.2 Å². The molecule has 0 N–H and O–H groups in total. The molecule has 2 aromatic rings. The van der Waals surface area contributed by atoms with Crippen LogP contribution in [-0.2, 0) is 0 Å². The summed E-state index contributed by atoms with van der Waals surface area (Å²) in [6, 6.07) is 7.82. The maximum absolute atomic E-state index is 7.63. The quantitative estimate of drug-likeness (QED) is 0.751. The topological polar surface area (TPSA) is 32.3 Å². The maximum atomic E-state index is 7.63. The Morgan fingerprint density at radius 3 is 2.71 bits per heavy atom. The number of nitrogens with zero attached hydrogens (tertiary/aromatic N) is 4. The first kappa shape index (κ1) is 7.27. The second-order valence-corrected chi connectivity index (χ2v) is 3.99. The van der Waals surface area contributed by atoms with Gasteiger partial charge in [0.1, 0.15) is 0 Å². The number of aryl methyl sites for hydroxylation is 1. The van der Waals surface area contributed by atoms with Gasteiger partial charge in [0.15, 0.2) is 11.6 Å². The number of aromatic nitrogens is 2. The van der Waals surface area contributed by atoms with Gasteiger partial charge < -0.3 is 9.80 Å². The molecule has 0 amide bonds. The fourth-order valence-electron chi connectivity index (χ4n) is 2.04. The molecule has 0 saturated carbocycles. The fraction of sp³-hybridized carbons (Fsp3) is 0.231. The van der Waals surface area contributed by atoms with Crippen molar-refractivity contribution in [1.82, 2.24) is 9.97 Å². The summed E-state index contributed by atoms with van der Waals surface area (Å²) in [6.07, 6.45) is 3.09. The molecule has 0 fully saturated rings. The van der Waals surface area contributed by atoms with E-state index in [0.29, 0.717) is 11.6 Å². The Morgan fingerprint density at radius 2 is 1.94 bits per heavy atom. The van der Waals surface area contributed by atoms with E-state index in [1.54, 1.807) is 6.20 Å². The van der Waals surface area contributed by atoms with Gasteiger partial charge in [-0.3, -0.25) is 0 Å². The number of benzene rings is 1. The number of rotatable bonds is 1. The molecule has 1 aliphatic rings. The van der Waals surface area contributed by atoms with Gasteiger partial charge in [0, 0.05) is 29.2 Å². The minimum absolute atomic E-state index is 0.223. The summed E-state index contributed by atoms with van der Waals surface area (Å²) in [5.74, 6) is 0.980. The summed E-state index contributed by atoms with van der Waals surface area (Å²) in [5, 5.41) is 0. The number of hydrogen-bond acceptors (Lipinski definition) is 4. The average Bonchev–Trinajstić information content (AvgIpc) is 2.79. The van der Waals surface area contributed by atoms with Gasteiger partial charge in [-0.15, -0.1) is 0 Å². The second kappa shape index (κ2) is 3.73. The third-order valence-electron chi connectivity index (χ3n) is 2.86. The van der Waals surface area contributed by atoms with Crippen LogP contribution in [0.3, 0.4) is 0 Å². The van der Waals surface area contributed by atoms with Crippen LogP contribution in [0, 0.1) is 6.92 Å². The van der Waals surface area contributed by atoms with Crippen molar-refractivity contribution < 1.29 is 4.11 Å². The third-order valence-corrected chi connectivity index (χ3v) is 2.86. The molecule has 0 aliphatic carbocycles. The lowest BCUT2D eigenvalue weighted by molar-refractivity contribution is 0.932. The van der Waals surface area contributed by atoms with Crippen molar-refractivity contribution in [3.8, 4) is 0 Å². The van der Waals surface area contributed by atoms with Gasteiger partial charge in [-0.1, -0.05) is 18.2 Å². The number of fused-ring (bicyclic) bond motifs is 1. The van der Waals surface area contributed by atoms with Crippen LogP contribution in [0.15, 0.2) is 36.7 Å². The first-order valence-electron chi connectivity index (χ1n) is 6.90. The minimum Gasteiger partial charge on any atom is -0.338 e. The molecule has 4 nitrogen and oxygen atoms in total. The SMILES string of the molecule is [2H]C([2H])([2H])N1CN(c2ccccc2C)c2nccnc21. The largest absolute Gasteiger partial charge is 0.338 e. The molecule has 0 bridgehead atoms. The Bertz CT molecular complexity index is 642. The highest BCUT2D eigenvalue weighted by Crippen LogP contribution is 2.37. The van der Waals surface area contributed by atoms with Crippen LogP contribution in [0.1, 0.15) is 9.68 Å². The van der Waals surface area contributed by atoms with Crippen molar-refractivity contribution >= 4 is 17.3 Å². The van der Waals surface area contributed by atoms with Crippen molar-refractivity contribution in [1.29, 1.82) is 0 Å². The van der Waals surface area contributed by atoms with E-state index >= 15 is 0 Å². The number of para-hydroxylation sites is 1. The van der Waals surface area contributed by atoms with Gasteiger partial charge in [0.05, 0.1) is 6.67 Å². The highest BCUT2D eigenvalue weighted by molar-refractivity contribution is 5.77. The van der Waals surface area contributed by atoms with Gasteiger partial charge in [-0.05, 0) is 18.6 Å². The van der Waals surface area contributed by atoms with E-state index in [0.717, 1.165) is 11.3 Å². The molecule has 0 unspecified atom stereocenters. The molecule has 17 heavy (non-hydrogen) atoms. The predicted octanol–water partition coefficient (Wildman–Crippen LogP) is 2.33. The normalized spacial score (nSPS) is 17.4. The van der Waals surface area contributed by atoms with E-state index in [9.17, 15) is 0 Å². The van der Waals surface area contributed by atoms with Crippen molar-refractivity contribution in [3.63, 3.8) is 0 Å². The summed E-state index contributed by atoms with van der Waals surface area (Å²) >= 11 is 0. The lowest BCUT2D eigenvalue weighted by Gasteiger charge is -2.20. The zero-order valence-corrected chi connectivity index (χ0v) is 9.46. The van der Waals surface area contributed by atoms with E-state index in [2.05, 4.69) is 9.97 Å². The lowest BCUT2D eigenvalue weighted by atomic mass is 10.2. The number of anilines is 3. The van der Waals surface area contributed by atoms with E-state index < -0.39 is 6.98 Å². The van der Waals surface area contributed by atoms with Gasteiger partial charge in [-0.2, -0.15) is 0 Å². The third kappa shape index (κ3) is 1.53. The van der Waals surface area contributed by atoms with Crippen LogP contribution in [0.5, 0.6) is 0 Å². The van der Waals surface area contributed by atoms with Crippen LogP contribution in [-0.4, -0.2) is 23.6 Å². The molecule has 0 spiro atoms. The Morgan fingerprint density at radius 1 is 1.18 bits per heavy atom. The zero-order valence-electron chi connectivity index (χ0n) is 12.5. The van der Waals surface area contributed by atoms with Gasteiger partial charge in [-0.25, -0.2) is 9.97 Å². The smallest absolute Gasteiger partial charge is 0.178 e. The van der Waals surface area contributed by atoms with Gasteiger partial charge in [0.2, 0.25) is 0 Å². The molecular weight excluding hydrogens is 212 g/mol. The first-order valence-corrected chi connectivity index (χ1v) is 5.40. The Labute approximate surface area is 105 Å². The van der Waals surface area contributed by atoms with Crippen molar-refractivity contribution in [2.45, 2.75) is 6.92 Å². The summed E-state index contributed by atoms with van der Waals surface area (Å²) in [6.45, 7) is -0.0215. The second-order valence-electron chi connectivity index (χ2n) is 3.99. The minimum atomic E-state index is -2.23. The Kier molecular flexibility index (Phi) is 1.60. The molecule has 3 rings (SSSR count). The zero-order chi connectivity index (χ0) is 14.3. The molecule has 2 heterocycles. The molecule has 0 atom stereocenters.